The standard InChI is InChI=1S/C12H18N2/c1-3-10-6-7-13-11-5-4-9(2)8-12(11)14-10/h4-5,8,10,13-14H,3,6-7H2,1-2H3. The number of nitrogens with one attached hydrogen (secondary N) is 2. The van der Waals surface area contributed by atoms with Crippen LogP contribution in [0, 0.1) is 6.92 Å². The first-order chi connectivity index (χ1) is 6.79. The minimum Gasteiger partial charge on any atom is -0.383 e. The van der Waals surface area contributed by atoms with Crippen molar-refractivity contribution in [2.75, 3.05) is 17.2 Å². The van der Waals surface area contributed by atoms with Crippen molar-refractivity contribution in [2.24, 2.45) is 0 Å². The summed E-state index contributed by atoms with van der Waals surface area (Å²) < 4.78 is 0. The molecule has 1 aliphatic rings. The van der Waals surface area contributed by atoms with Crippen LogP contribution in [0.3, 0.4) is 0 Å². The van der Waals surface area contributed by atoms with Gasteiger partial charge in [-0.3, -0.25) is 0 Å². The van der Waals surface area contributed by atoms with Crippen molar-refractivity contribution in [1.29, 1.82) is 0 Å². The van der Waals surface area contributed by atoms with Gasteiger partial charge in [0, 0.05) is 12.6 Å². The highest BCUT2D eigenvalue weighted by Gasteiger charge is 2.12. The molecule has 14 heavy (non-hydrogen) atoms. The fourth-order valence-corrected chi connectivity index (χ4v) is 1.91. The first kappa shape index (κ1) is 9.38. The zero-order chi connectivity index (χ0) is 9.97. The second kappa shape index (κ2) is 3.91. The Bertz CT molecular complexity index is 320. The molecular weight excluding hydrogens is 172 g/mol. The van der Waals surface area contributed by atoms with Gasteiger partial charge in [0.1, 0.15) is 0 Å². The fourth-order valence-electron chi connectivity index (χ4n) is 1.91. The average molecular weight is 190 g/mol. The highest BCUT2D eigenvalue weighted by atomic mass is 15.0. The molecule has 76 valence electrons. The Labute approximate surface area is 85.7 Å². The molecule has 1 atom stereocenters. The molecule has 0 fully saturated rings. The van der Waals surface area contributed by atoms with Crippen LogP contribution in [0.25, 0.3) is 0 Å². The second-order valence-electron chi connectivity index (χ2n) is 4.01. The van der Waals surface area contributed by atoms with Gasteiger partial charge in [-0.1, -0.05) is 13.0 Å². The average Bonchev–Trinajstić information content (AvgIpc) is 2.38. The van der Waals surface area contributed by atoms with Crippen molar-refractivity contribution in [3.63, 3.8) is 0 Å². The molecule has 1 unspecified atom stereocenters. The van der Waals surface area contributed by atoms with Gasteiger partial charge in [-0.05, 0) is 37.5 Å². The normalized spacial score (nSPS) is 20.3. The van der Waals surface area contributed by atoms with E-state index in [4.69, 9.17) is 0 Å². The maximum absolute atomic E-state index is 3.59. The molecule has 1 aromatic carbocycles. The minimum absolute atomic E-state index is 0.616. The molecule has 1 aliphatic heterocycles. The lowest BCUT2D eigenvalue weighted by Crippen LogP contribution is -2.18. The van der Waals surface area contributed by atoms with E-state index < -0.39 is 0 Å². The van der Waals surface area contributed by atoms with Crippen LogP contribution >= 0.6 is 0 Å². The van der Waals surface area contributed by atoms with Gasteiger partial charge in [-0.15, -0.1) is 0 Å². The molecule has 1 heterocycles. The zero-order valence-electron chi connectivity index (χ0n) is 8.93. The van der Waals surface area contributed by atoms with Crippen molar-refractivity contribution >= 4 is 11.4 Å². The summed E-state index contributed by atoms with van der Waals surface area (Å²) in [6.45, 7) is 5.44. The van der Waals surface area contributed by atoms with E-state index in [0.717, 1.165) is 6.54 Å². The molecule has 0 spiro atoms. The lowest BCUT2D eigenvalue weighted by atomic mass is 10.1. The van der Waals surface area contributed by atoms with E-state index in [0.29, 0.717) is 6.04 Å². The summed E-state index contributed by atoms with van der Waals surface area (Å²) in [5.41, 5.74) is 3.82. The van der Waals surface area contributed by atoms with Crippen molar-refractivity contribution < 1.29 is 0 Å². The Balaban J connectivity index is 2.28. The maximum Gasteiger partial charge on any atom is 0.0580 e. The van der Waals surface area contributed by atoms with E-state index in [-0.39, 0.29) is 0 Å². The third-order valence-corrected chi connectivity index (χ3v) is 2.84. The van der Waals surface area contributed by atoms with Crippen LogP contribution in [0.5, 0.6) is 0 Å². The van der Waals surface area contributed by atoms with E-state index in [1.54, 1.807) is 0 Å². The number of hydrogen-bond acceptors (Lipinski definition) is 2. The van der Waals surface area contributed by atoms with Crippen LogP contribution in [0.1, 0.15) is 25.3 Å². The van der Waals surface area contributed by atoms with Gasteiger partial charge in [0.05, 0.1) is 11.4 Å². The van der Waals surface area contributed by atoms with Crippen LogP contribution in [0.4, 0.5) is 11.4 Å². The highest BCUT2D eigenvalue weighted by Crippen LogP contribution is 2.27. The van der Waals surface area contributed by atoms with Crippen molar-refractivity contribution in [3.8, 4) is 0 Å². The van der Waals surface area contributed by atoms with Gasteiger partial charge in [-0.25, -0.2) is 0 Å². The molecule has 0 saturated carbocycles. The number of anilines is 2. The maximum atomic E-state index is 3.59. The van der Waals surface area contributed by atoms with Gasteiger partial charge in [0.2, 0.25) is 0 Å². The third kappa shape index (κ3) is 1.84. The van der Waals surface area contributed by atoms with E-state index in [1.165, 1.54) is 29.8 Å². The SMILES string of the molecule is CCC1CCNc2ccc(C)cc2N1. The van der Waals surface area contributed by atoms with Crippen molar-refractivity contribution in [2.45, 2.75) is 32.7 Å². The van der Waals surface area contributed by atoms with Crippen LogP contribution in [-0.4, -0.2) is 12.6 Å². The lowest BCUT2D eigenvalue weighted by molar-refractivity contribution is 0.661. The summed E-state index contributed by atoms with van der Waals surface area (Å²) >= 11 is 0. The van der Waals surface area contributed by atoms with Gasteiger partial charge < -0.3 is 10.6 Å². The first-order valence-corrected chi connectivity index (χ1v) is 5.40. The number of fused-ring (bicyclic) bond motifs is 1. The summed E-state index contributed by atoms with van der Waals surface area (Å²) in [4.78, 5) is 0. The Hall–Kier alpha value is -1.18. The monoisotopic (exact) mass is 190 g/mol. The topological polar surface area (TPSA) is 24.1 Å². The molecule has 1 aromatic rings. The van der Waals surface area contributed by atoms with Crippen LogP contribution < -0.4 is 10.6 Å². The van der Waals surface area contributed by atoms with Crippen LogP contribution in [0.15, 0.2) is 18.2 Å². The van der Waals surface area contributed by atoms with Crippen molar-refractivity contribution in [3.05, 3.63) is 23.8 Å². The lowest BCUT2D eigenvalue weighted by Gasteiger charge is -2.15. The summed E-state index contributed by atoms with van der Waals surface area (Å²) in [7, 11) is 0. The zero-order valence-corrected chi connectivity index (χ0v) is 8.93. The second-order valence-corrected chi connectivity index (χ2v) is 4.01. The Morgan fingerprint density at radius 3 is 3.00 bits per heavy atom. The van der Waals surface area contributed by atoms with Gasteiger partial charge in [-0.2, -0.15) is 0 Å². The Kier molecular flexibility index (Phi) is 2.62. The van der Waals surface area contributed by atoms with E-state index in [2.05, 4.69) is 42.7 Å². The number of aryl methyl sites for hydroxylation is 1. The molecule has 0 aliphatic carbocycles. The van der Waals surface area contributed by atoms with Crippen LogP contribution in [-0.2, 0) is 0 Å². The summed E-state index contributed by atoms with van der Waals surface area (Å²) in [5.74, 6) is 0. The van der Waals surface area contributed by atoms with Crippen LogP contribution in [0.2, 0.25) is 0 Å². The number of benzene rings is 1. The minimum atomic E-state index is 0.616. The van der Waals surface area contributed by atoms with E-state index in [1.807, 2.05) is 0 Å². The molecule has 2 nitrogen and oxygen atoms in total. The molecule has 2 heteroatoms. The fraction of sp³-hybridized carbons (Fsp3) is 0.500. The molecule has 0 radical (unpaired) electrons. The molecule has 0 bridgehead atoms. The quantitative estimate of drug-likeness (QED) is 0.711. The predicted octanol–water partition coefficient (Wildman–Crippen LogP) is 3.00. The predicted molar refractivity (Wildman–Crippen MR) is 62.0 cm³/mol. The number of hydrogen-bond donors (Lipinski definition) is 2. The molecule has 0 saturated heterocycles. The highest BCUT2D eigenvalue weighted by molar-refractivity contribution is 5.70. The molecule has 0 amide bonds. The van der Waals surface area contributed by atoms with Gasteiger partial charge in [0.15, 0.2) is 0 Å². The molecule has 2 rings (SSSR count). The molecule has 2 N–H and O–H groups in total. The Morgan fingerprint density at radius 1 is 1.36 bits per heavy atom. The first-order valence-electron chi connectivity index (χ1n) is 5.40. The molecular formula is C12H18N2. The summed E-state index contributed by atoms with van der Waals surface area (Å²) in [5, 5.41) is 7.04. The Morgan fingerprint density at radius 2 is 2.21 bits per heavy atom. The van der Waals surface area contributed by atoms with Gasteiger partial charge >= 0.3 is 0 Å². The number of rotatable bonds is 1. The van der Waals surface area contributed by atoms with E-state index >= 15 is 0 Å². The summed E-state index contributed by atoms with van der Waals surface area (Å²) in [6, 6.07) is 7.15. The van der Waals surface area contributed by atoms with E-state index in [9.17, 15) is 0 Å². The largest absolute Gasteiger partial charge is 0.383 e. The molecule has 0 aromatic heterocycles. The smallest absolute Gasteiger partial charge is 0.0580 e. The summed E-state index contributed by atoms with van der Waals surface area (Å²) in [6.07, 6.45) is 2.39. The third-order valence-electron chi connectivity index (χ3n) is 2.84. The van der Waals surface area contributed by atoms with Crippen molar-refractivity contribution in [1.82, 2.24) is 0 Å². The van der Waals surface area contributed by atoms with Gasteiger partial charge in [0.25, 0.3) is 0 Å².